The molecule has 4 unspecified atom stereocenters. The lowest BCUT2D eigenvalue weighted by atomic mass is 9.67. The van der Waals surface area contributed by atoms with E-state index in [2.05, 4.69) is 28.6 Å². The molecule has 4 rings (SSSR count). The fraction of sp³-hybridized carbons (Fsp3) is 0.667. The van der Waals surface area contributed by atoms with Gasteiger partial charge in [-0.15, -0.1) is 0 Å². The van der Waals surface area contributed by atoms with Crippen LogP contribution in [0.2, 0.25) is 5.15 Å². The fourth-order valence-electron chi connectivity index (χ4n) is 5.71. The van der Waals surface area contributed by atoms with E-state index in [1.165, 1.54) is 19.3 Å². The topological polar surface area (TPSA) is 74.2 Å². The lowest BCUT2D eigenvalue weighted by Crippen LogP contribution is -2.37. The predicted molar refractivity (Wildman–Crippen MR) is 120 cm³/mol. The van der Waals surface area contributed by atoms with Gasteiger partial charge in [-0.05, 0) is 81.4 Å². The van der Waals surface area contributed by atoms with Gasteiger partial charge in [0.25, 0.3) is 5.91 Å². The number of aliphatic hydroxyl groups excluding tert-OH is 1. The van der Waals surface area contributed by atoms with Gasteiger partial charge in [0.15, 0.2) is 0 Å². The van der Waals surface area contributed by atoms with Gasteiger partial charge in [0, 0.05) is 24.2 Å². The summed E-state index contributed by atoms with van der Waals surface area (Å²) in [4.78, 5) is 17.1. The zero-order chi connectivity index (χ0) is 21.3. The van der Waals surface area contributed by atoms with Crippen molar-refractivity contribution >= 4 is 17.5 Å². The van der Waals surface area contributed by atoms with Crippen molar-refractivity contribution in [3.63, 3.8) is 0 Å². The molecule has 1 heterocycles. The van der Waals surface area contributed by atoms with Crippen LogP contribution in [0.4, 0.5) is 0 Å². The Kier molecular flexibility index (Phi) is 6.52. The number of allylic oxidation sites excluding steroid dienone is 1. The Balaban J connectivity index is 1.34. The summed E-state index contributed by atoms with van der Waals surface area (Å²) in [6, 6.07) is 1.96. The number of amides is 1. The molecule has 1 amide bonds. The van der Waals surface area contributed by atoms with Gasteiger partial charge in [-0.25, -0.2) is 4.98 Å². The number of nitrogens with zero attached hydrogens (tertiary/aromatic N) is 1. The molecule has 2 saturated carbocycles. The van der Waals surface area contributed by atoms with Crippen molar-refractivity contribution < 1.29 is 9.90 Å². The monoisotopic (exact) mass is 431 g/mol. The minimum absolute atomic E-state index is 0.0301. The molecule has 3 aliphatic carbocycles. The molecule has 5 atom stereocenters. The molecular formula is C24H34ClN3O2. The average Bonchev–Trinajstić information content (AvgIpc) is 2.97. The van der Waals surface area contributed by atoms with Crippen LogP contribution in [0, 0.1) is 23.2 Å². The maximum absolute atomic E-state index is 12.9. The number of aliphatic hydroxyl groups is 1. The second-order valence-electron chi connectivity index (χ2n) is 9.99. The number of halogens is 1. The molecule has 3 aliphatic rings. The highest BCUT2D eigenvalue weighted by Gasteiger charge is 2.48. The van der Waals surface area contributed by atoms with Crippen LogP contribution in [0.5, 0.6) is 0 Å². The highest BCUT2D eigenvalue weighted by Crippen LogP contribution is 2.58. The molecular weight excluding hydrogens is 398 g/mol. The smallest absolute Gasteiger partial charge is 0.254 e. The fourth-order valence-corrected chi connectivity index (χ4v) is 5.89. The SMILES string of the molecule is C[C@@H](CO)NCCCc1cnc(Cl)c(C(=O)NCC2(C)C=C3CC4CC(CC34)C2)c1. The summed E-state index contributed by atoms with van der Waals surface area (Å²) < 4.78 is 0. The summed E-state index contributed by atoms with van der Waals surface area (Å²) >= 11 is 6.25. The second-order valence-corrected chi connectivity index (χ2v) is 10.3. The van der Waals surface area contributed by atoms with Crippen LogP contribution in [-0.4, -0.2) is 41.7 Å². The molecule has 164 valence electrons. The summed E-state index contributed by atoms with van der Waals surface area (Å²) in [6.45, 7) is 5.81. The third kappa shape index (κ3) is 4.74. The average molecular weight is 432 g/mol. The van der Waals surface area contributed by atoms with Crippen LogP contribution in [0.25, 0.3) is 0 Å². The summed E-state index contributed by atoms with van der Waals surface area (Å²) in [5.41, 5.74) is 3.12. The van der Waals surface area contributed by atoms with E-state index in [0.717, 1.165) is 49.1 Å². The third-order valence-electron chi connectivity index (χ3n) is 7.26. The highest BCUT2D eigenvalue weighted by molar-refractivity contribution is 6.32. The molecule has 30 heavy (non-hydrogen) atoms. The molecule has 3 N–H and O–H groups in total. The van der Waals surface area contributed by atoms with E-state index in [1.54, 1.807) is 11.8 Å². The molecule has 2 bridgehead atoms. The standard InChI is InChI=1S/C24H34ClN3O2/c1-15(13-29)26-5-3-4-16-7-21(22(25)27-12-16)23(30)28-14-24(2)10-17-6-18-9-19(11-24)20(18)8-17/h7,11-12,15,17-18,20,26,29H,3-6,8-10,13-14H2,1-2H3,(H,28,30)/t15-,17?,18?,20?,24?/m0/s1. The number of nitrogens with one attached hydrogen (secondary N) is 2. The third-order valence-corrected chi connectivity index (χ3v) is 7.56. The number of fused-ring (bicyclic) bond motifs is 1. The van der Waals surface area contributed by atoms with Crippen molar-refractivity contribution in [3.05, 3.63) is 40.2 Å². The lowest BCUT2D eigenvalue weighted by Gasteiger charge is -2.38. The number of hydrogen-bond donors (Lipinski definition) is 3. The first-order valence-electron chi connectivity index (χ1n) is 11.4. The first kappa shape index (κ1) is 21.8. The summed E-state index contributed by atoms with van der Waals surface area (Å²) in [7, 11) is 0. The molecule has 1 aromatic rings. The van der Waals surface area contributed by atoms with Gasteiger partial charge in [0.1, 0.15) is 5.15 Å². The van der Waals surface area contributed by atoms with Gasteiger partial charge in [0.05, 0.1) is 12.2 Å². The molecule has 5 nitrogen and oxygen atoms in total. The molecule has 1 aromatic heterocycles. The summed E-state index contributed by atoms with van der Waals surface area (Å²) in [5.74, 6) is 2.43. The van der Waals surface area contributed by atoms with Crippen molar-refractivity contribution in [2.24, 2.45) is 23.2 Å². The minimum atomic E-state index is -0.137. The lowest BCUT2D eigenvalue weighted by molar-refractivity contribution is 0.0935. The number of hydrogen-bond acceptors (Lipinski definition) is 4. The van der Waals surface area contributed by atoms with Gasteiger partial charge in [-0.3, -0.25) is 4.79 Å². The van der Waals surface area contributed by atoms with Crippen LogP contribution >= 0.6 is 11.6 Å². The van der Waals surface area contributed by atoms with E-state index in [0.29, 0.717) is 12.1 Å². The van der Waals surface area contributed by atoms with E-state index in [-0.39, 0.29) is 29.1 Å². The van der Waals surface area contributed by atoms with Crippen LogP contribution in [0.15, 0.2) is 23.9 Å². The largest absolute Gasteiger partial charge is 0.395 e. The second kappa shape index (κ2) is 8.97. The minimum Gasteiger partial charge on any atom is -0.395 e. The Morgan fingerprint density at radius 1 is 1.43 bits per heavy atom. The van der Waals surface area contributed by atoms with Gasteiger partial charge < -0.3 is 15.7 Å². The zero-order valence-corrected chi connectivity index (χ0v) is 18.8. The Morgan fingerprint density at radius 2 is 2.27 bits per heavy atom. The number of carbonyl (C=O) groups is 1. The van der Waals surface area contributed by atoms with Crippen molar-refractivity contribution in [1.82, 2.24) is 15.6 Å². The predicted octanol–water partition coefficient (Wildman–Crippen LogP) is 3.75. The van der Waals surface area contributed by atoms with Crippen molar-refractivity contribution in [2.45, 2.75) is 58.4 Å². The van der Waals surface area contributed by atoms with Gasteiger partial charge in [-0.2, -0.15) is 0 Å². The van der Waals surface area contributed by atoms with Gasteiger partial charge >= 0.3 is 0 Å². The van der Waals surface area contributed by atoms with Crippen LogP contribution < -0.4 is 10.6 Å². The number of rotatable bonds is 9. The Morgan fingerprint density at radius 3 is 3.07 bits per heavy atom. The van der Waals surface area contributed by atoms with Crippen molar-refractivity contribution in [1.29, 1.82) is 0 Å². The molecule has 0 aromatic carbocycles. The Hall–Kier alpha value is -1.43. The quantitative estimate of drug-likeness (QED) is 0.316. The van der Waals surface area contributed by atoms with Gasteiger partial charge in [0.2, 0.25) is 0 Å². The molecule has 6 heteroatoms. The molecule has 0 spiro atoms. The normalized spacial score (nSPS) is 30.3. The first-order valence-corrected chi connectivity index (χ1v) is 11.7. The van der Waals surface area contributed by atoms with Crippen LogP contribution in [0.1, 0.15) is 61.9 Å². The van der Waals surface area contributed by atoms with Crippen LogP contribution in [0.3, 0.4) is 0 Å². The van der Waals surface area contributed by atoms with E-state index in [4.69, 9.17) is 16.7 Å². The highest BCUT2D eigenvalue weighted by atomic mass is 35.5. The molecule has 0 aliphatic heterocycles. The summed E-state index contributed by atoms with van der Waals surface area (Å²) in [6.07, 6.45) is 11.1. The number of carbonyl (C=O) groups excluding carboxylic acids is 1. The molecule has 0 saturated heterocycles. The van der Waals surface area contributed by atoms with Gasteiger partial charge in [-0.1, -0.05) is 30.2 Å². The van der Waals surface area contributed by atoms with Crippen molar-refractivity contribution in [2.75, 3.05) is 19.7 Å². The summed E-state index contributed by atoms with van der Waals surface area (Å²) in [5, 5.41) is 15.7. The Labute approximate surface area is 184 Å². The number of aryl methyl sites for hydroxylation is 1. The van der Waals surface area contributed by atoms with E-state index >= 15 is 0 Å². The van der Waals surface area contributed by atoms with E-state index < -0.39 is 0 Å². The first-order chi connectivity index (χ1) is 14.4. The van der Waals surface area contributed by atoms with E-state index in [1.807, 2.05) is 13.0 Å². The molecule has 2 fully saturated rings. The zero-order valence-electron chi connectivity index (χ0n) is 18.1. The Bertz CT molecular complexity index is 827. The number of pyridine rings is 1. The van der Waals surface area contributed by atoms with Crippen LogP contribution in [-0.2, 0) is 6.42 Å². The van der Waals surface area contributed by atoms with E-state index in [9.17, 15) is 4.79 Å². The molecule has 0 radical (unpaired) electrons. The van der Waals surface area contributed by atoms with Crippen molar-refractivity contribution in [3.8, 4) is 0 Å². The maximum Gasteiger partial charge on any atom is 0.254 e. The maximum atomic E-state index is 12.9. The number of aromatic nitrogens is 1.